The van der Waals surface area contributed by atoms with Crippen molar-refractivity contribution in [2.75, 3.05) is 32.4 Å². The Hall–Kier alpha value is -1.26. The smallest absolute Gasteiger partial charge is 0.208 e. The number of thioether (sulfide) groups is 1. The highest BCUT2D eigenvalue weighted by molar-refractivity contribution is 14.0. The molecule has 1 saturated heterocycles. The standard InChI is InChI=1S/C24H37N5OS.HI/c1-6-25-24(27-15-21-8-7-17(2)13-22(21)31-5)26-14-20-9-11-29(12-10-20)16-23-28-18(3)19(4)30-23;/h7-8,13,20H,6,9-12,14-16H2,1-5H3,(H2,25,26,27);1H. The number of likely N-dealkylation sites (tertiary alicyclic amines) is 1. The Morgan fingerprint density at radius 3 is 2.59 bits per heavy atom. The van der Waals surface area contributed by atoms with Crippen molar-refractivity contribution in [3.63, 3.8) is 0 Å². The van der Waals surface area contributed by atoms with E-state index in [0.29, 0.717) is 12.5 Å². The lowest BCUT2D eigenvalue weighted by Crippen LogP contribution is -2.42. The number of halogens is 1. The first-order chi connectivity index (χ1) is 15.0. The van der Waals surface area contributed by atoms with E-state index in [1.54, 1.807) is 11.8 Å². The van der Waals surface area contributed by atoms with Crippen molar-refractivity contribution in [1.82, 2.24) is 20.5 Å². The van der Waals surface area contributed by atoms with Crippen molar-refractivity contribution in [2.24, 2.45) is 10.9 Å². The molecule has 0 radical (unpaired) electrons. The molecule has 0 unspecified atom stereocenters. The molecule has 1 fully saturated rings. The Kier molecular flexibility index (Phi) is 11.3. The molecule has 0 saturated carbocycles. The van der Waals surface area contributed by atoms with E-state index in [9.17, 15) is 0 Å². The molecule has 0 spiro atoms. The van der Waals surface area contributed by atoms with E-state index in [0.717, 1.165) is 56.0 Å². The minimum Gasteiger partial charge on any atom is -0.444 e. The van der Waals surface area contributed by atoms with Gasteiger partial charge in [-0.3, -0.25) is 4.90 Å². The fourth-order valence-corrected chi connectivity index (χ4v) is 4.57. The van der Waals surface area contributed by atoms with Crippen LogP contribution in [-0.2, 0) is 13.1 Å². The number of aliphatic imine (C=N–C) groups is 1. The first kappa shape index (κ1) is 27.0. The van der Waals surface area contributed by atoms with E-state index in [4.69, 9.17) is 9.41 Å². The molecule has 1 aromatic heterocycles. The fraction of sp³-hybridized carbons (Fsp3) is 0.583. The normalized spacial score (nSPS) is 15.5. The van der Waals surface area contributed by atoms with Crippen LogP contribution in [-0.4, -0.2) is 48.3 Å². The Bertz CT molecular complexity index is 858. The van der Waals surface area contributed by atoms with Gasteiger partial charge in [0.25, 0.3) is 0 Å². The van der Waals surface area contributed by atoms with Gasteiger partial charge in [0, 0.05) is 18.0 Å². The van der Waals surface area contributed by atoms with Crippen LogP contribution in [0.4, 0.5) is 0 Å². The topological polar surface area (TPSA) is 65.7 Å². The minimum atomic E-state index is 0. The molecule has 0 amide bonds. The SMILES string of the molecule is CCNC(=NCc1ccc(C)cc1SC)NCC1CCN(Cc2nc(C)c(C)o2)CC1.I. The van der Waals surface area contributed by atoms with Crippen LogP contribution in [0, 0.1) is 26.7 Å². The summed E-state index contributed by atoms with van der Waals surface area (Å²) in [5.74, 6) is 3.34. The van der Waals surface area contributed by atoms with Gasteiger partial charge in [-0.15, -0.1) is 35.7 Å². The molecule has 1 aliphatic heterocycles. The highest BCUT2D eigenvalue weighted by Crippen LogP contribution is 2.23. The van der Waals surface area contributed by atoms with Crippen LogP contribution in [0.1, 0.15) is 48.2 Å². The van der Waals surface area contributed by atoms with E-state index < -0.39 is 0 Å². The molecule has 8 heteroatoms. The van der Waals surface area contributed by atoms with Crippen molar-refractivity contribution in [1.29, 1.82) is 0 Å². The van der Waals surface area contributed by atoms with Crippen molar-refractivity contribution in [2.45, 2.75) is 58.5 Å². The molecule has 6 nitrogen and oxygen atoms in total. The molecule has 0 bridgehead atoms. The number of hydrogen-bond acceptors (Lipinski definition) is 5. The summed E-state index contributed by atoms with van der Waals surface area (Å²) in [5, 5.41) is 6.96. The lowest BCUT2D eigenvalue weighted by molar-refractivity contribution is 0.164. The monoisotopic (exact) mass is 571 g/mol. The number of piperidine rings is 1. The number of benzene rings is 1. The van der Waals surface area contributed by atoms with Crippen molar-refractivity contribution in [3.8, 4) is 0 Å². The Morgan fingerprint density at radius 1 is 1.22 bits per heavy atom. The molecule has 3 rings (SSSR count). The third-order valence-corrected chi connectivity index (χ3v) is 6.71. The van der Waals surface area contributed by atoms with Crippen molar-refractivity contribution >= 4 is 41.7 Å². The third-order valence-electron chi connectivity index (χ3n) is 5.89. The Balaban J connectivity index is 0.00000363. The van der Waals surface area contributed by atoms with Crippen LogP contribution in [0.3, 0.4) is 0 Å². The van der Waals surface area contributed by atoms with Crippen LogP contribution >= 0.6 is 35.7 Å². The Morgan fingerprint density at radius 2 is 1.97 bits per heavy atom. The van der Waals surface area contributed by atoms with Gasteiger partial charge in [-0.05, 0) is 83.0 Å². The van der Waals surface area contributed by atoms with Crippen LogP contribution in [0.15, 0.2) is 32.5 Å². The zero-order valence-electron chi connectivity index (χ0n) is 20.0. The van der Waals surface area contributed by atoms with Gasteiger partial charge in [-0.1, -0.05) is 12.1 Å². The molecular formula is C24H38IN5OS. The second kappa shape index (κ2) is 13.4. The van der Waals surface area contributed by atoms with Crippen LogP contribution in [0.2, 0.25) is 0 Å². The van der Waals surface area contributed by atoms with Crippen LogP contribution in [0.25, 0.3) is 0 Å². The molecular weight excluding hydrogens is 533 g/mol. The number of hydrogen-bond donors (Lipinski definition) is 2. The maximum absolute atomic E-state index is 5.75. The van der Waals surface area contributed by atoms with E-state index in [2.05, 4.69) is 58.8 Å². The van der Waals surface area contributed by atoms with Crippen LogP contribution in [0.5, 0.6) is 0 Å². The molecule has 2 aromatic rings. The molecule has 178 valence electrons. The number of aromatic nitrogens is 1. The quantitative estimate of drug-likeness (QED) is 0.203. The number of guanidine groups is 1. The summed E-state index contributed by atoms with van der Waals surface area (Å²) in [6.45, 7) is 13.7. The van der Waals surface area contributed by atoms with Gasteiger partial charge < -0.3 is 15.1 Å². The van der Waals surface area contributed by atoms with Gasteiger partial charge in [0.05, 0.1) is 18.8 Å². The maximum Gasteiger partial charge on any atom is 0.208 e. The highest BCUT2D eigenvalue weighted by atomic mass is 127. The zero-order valence-corrected chi connectivity index (χ0v) is 23.2. The van der Waals surface area contributed by atoms with Gasteiger partial charge in [-0.25, -0.2) is 9.98 Å². The molecule has 1 aromatic carbocycles. The molecule has 2 N–H and O–H groups in total. The Labute approximate surface area is 214 Å². The van der Waals surface area contributed by atoms with Crippen molar-refractivity contribution < 1.29 is 4.42 Å². The largest absolute Gasteiger partial charge is 0.444 e. The van der Waals surface area contributed by atoms with E-state index in [1.807, 2.05) is 13.8 Å². The van der Waals surface area contributed by atoms with E-state index >= 15 is 0 Å². The van der Waals surface area contributed by atoms with E-state index in [1.165, 1.54) is 28.9 Å². The summed E-state index contributed by atoms with van der Waals surface area (Å²) < 4.78 is 5.75. The number of nitrogens with zero attached hydrogens (tertiary/aromatic N) is 3. The van der Waals surface area contributed by atoms with Gasteiger partial charge in [0.15, 0.2) is 5.96 Å². The summed E-state index contributed by atoms with van der Waals surface area (Å²) in [4.78, 5) is 13.1. The molecule has 1 aliphatic rings. The predicted molar refractivity (Wildman–Crippen MR) is 145 cm³/mol. The zero-order chi connectivity index (χ0) is 22.2. The van der Waals surface area contributed by atoms with E-state index in [-0.39, 0.29) is 24.0 Å². The summed E-state index contributed by atoms with van der Waals surface area (Å²) in [5.41, 5.74) is 3.57. The first-order valence-corrected chi connectivity index (χ1v) is 12.5. The number of nitrogens with one attached hydrogen (secondary N) is 2. The molecule has 0 atom stereocenters. The lowest BCUT2D eigenvalue weighted by atomic mass is 9.97. The average Bonchev–Trinajstić information content (AvgIpc) is 3.08. The number of aryl methyl sites for hydroxylation is 3. The summed E-state index contributed by atoms with van der Waals surface area (Å²) >= 11 is 1.79. The van der Waals surface area contributed by atoms with Gasteiger partial charge in [-0.2, -0.15) is 0 Å². The fourth-order valence-electron chi connectivity index (χ4n) is 3.88. The summed E-state index contributed by atoms with van der Waals surface area (Å²) in [6, 6.07) is 6.60. The molecule has 32 heavy (non-hydrogen) atoms. The number of rotatable bonds is 8. The summed E-state index contributed by atoms with van der Waals surface area (Å²) in [6.07, 6.45) is 4.49. The molecule has 2 heterocycles. The van der Waals surface area contributed by atoms with Gasteiger partial charge in [0.1, 0.15) is 5.76 Å². The first-order valence-electron chi connectivity index (χ1n) is 11.3. The predicted octanol–water partition coefficient (Wildman–Crippen LogP) is 4.91. The molecule has 0 aliphatic carbocycles. The van der Waals surface area contributed by atoms with Crippen LogP contribution < -0.4 is 10.6 Å². The second-order valence-electron chi connectivity index (χ2n) is 8.36. The lowest BCUT2D eigenvalue weighted by Gasteiger charge is -2.31. The van der Waals surface area contributed by atoms with Gasteiger partial charge >= 0.3 is 0 Å². The van der Waals surface area contributed by atoms with Crippen molar-refractivity contribution in [3.05, 3.63) is 46.7 Å². The third kappa shape index (κ3) is 7.95. The van der Waals surface area contributed by atoms with Gasteiger partial charge in [0.2, 0.25) is 5.89 Å². The summed E-state index contributed by atoms with van der Waals surface area (Å²) in [7, 11) is 0. The minimum absolute atomic E-state index is 0. The average molecular weight is 572 g/mol. The highest BCUT2D eigenvalue weighted by Gasteiger charge is 2.21. The maximum atomic E-state index is 5.75. The second-order valence-corrected chi connectivity index (χ2v) is 9.21. The number of oxazole rings is 1.